The molecular formula is C23H27FN4. The Morgan fingerprint density at radius 2 is 2.04 bits per heavy atom. The van der Waals surface area contributed by atoms with Crippen molar-refractivity contribution in [2.75, 3.05) is 5.32 Å². The van der Waals surface area contributed by atoms with Gasteiger partial charge in [-0.05, 0) is 61.0 Å². The molecule has 4 nitrogen and oxygen atoms in total. The smallest absolute Gasteiger partial charge is 0.126 e. The van der Waals surface area contributed by atoms with Gasteiger partial charge in [-0.15, -0.1) is 0 Å². The molecule has 1 heterocycles. The maximum Gasteiger partial charge on any atom is 0.126 e. The number of aromatic nitrogens is 1. The first-order valence-corrected chi connectivity index (χ1v) is 9.81. The van der Waals surface area contributed by atoms with Gasteiger partial charge in [0.25, 0.3) is 0 Å². The van der Waals surface area contributed by atoms with E-state index in [1.807, 2.05) is 30.4 Å². The summed E-state index contributed by atoms with van der Waals surface area (Å²) in [4.78, 5) is 9.17. The summed E-state index contributed by atoms with van der Waals surface area (Å²) in [6, 6.07) is 11.0. The van der Waals surface area contributed by atoms with E-state index in [0.717, 1.165) is 22.7 Å². The summed E-state index contributed by atoms with van der Waals surface area (Å²) in [6.07, 6.45) is 15.0. The number of halogens is 1. The topological polar surface area (TPSA) is 63.3 Å². The van der Waals surface area contributed by atoms with E-state index in [2.05, 4.69) is 10.3 Å². The number of nitrogens with one attached hydrogen (secondary N) is 1. The second kappa shape index (κ2) is 10.4. The Morgan fingerprint density at radius 1 is 1.18 bits per heavy atom. The van der Waals surface area contributed by atoms with Crippen LogP contribution in [0.1, 0.15) is 43.2 Å². The number of rotatable bonds is 7. The predicted octanol–water partition coefficient (Wildman–Crippen LogP) is 4.98. The number of anilines is 1. The van der Waals surface area contributed by atoms with E-state index < -0.39 is 0 Å². The zero-order chi connectivity index (χ0) is 19.6. The summed E-state index contributed by atoms with van der Waals surface area (Å²) in [5, 5.41) is 3.55. The molecule has 1 aromatic carbocycles. The lowest BCUT2D eigenvalue weighted by molar-refractivity contribution is 0.462. The van der Waals surface area contributed by atoms with E-state index in [4.69, 9.17) is 10.7 Å². The molecule has 1 saturated carbocycles. The zero-order valence-electron chi connectivity index (χ0n) is 16.0. The molecule has 1 aliphatic rings. The predicted molar refractivity (Wildman–Crippen MR) is 114 cm³/mol. The first-order valence-electron chi connectivity index (χ1n) is 9.81. The van der Waals surface area contributed by atoms with Crippen LogP contribution >= 0.6 is 0 Å². The number of nitrogens with two attached hydrogens (primary N) is 1. The van der Waals surface area contributed by atoms with E-state index in [0.29, 0.717) is 12.6 Å². The van der Waals surface area contributed by atoms with Gasteiger partial charge in [-0.25, -0.2) is 9.37 Å². The molecule has 1 aromatic heterocycles. The van der Waals surface area contributed by atoms with Crippen LogP contribution in [-0.2, 0) is 6.54 Å². The lowest BCUT2D eigenvalue weighted by atomic mass is 9.95. The van der Waals surface area contributed by atoms with Gasteiger partial charge in [-0.2, -0.15) is 0 Å². The molecule has 0 atom stereocenters. The molecule has 0 saturated heterocycles. The second-order valence-corrected chi connectivity index (χ2v) is 6.98. The average molecular weight is 378 g/mol. The Balaban J connectivity index is 1.80. The average Bonchev–Trinajstić information content (AvgIpc) is 2.72. The fourth-order valence-corrected chi connectivity index (χ4v) is 3.39. The van der Waals surface area contributed by atoms with Gasteiger partial charge in [0.2, 0.25) is 0 Å². The molecule has 0 amide bonds. The highest BCUT2D eigenvalue weighted by atomic mass is 19.1. The van der Waals surface area contributed by atoms with Crippen molar-refractivity contribution in [1.29, 1.82) is 0 Å². The molecule has 1 fully saturated rings. The largest absolute Gasteiger partial charge is 0.405 e. The number of nitrogens with zero attached hydrogens (tertiary/aromatic N) is 2. The summed E-state index contributed by atoms with van der Waals surface area (Å²) in [6.45, 7) is 0.400. The third-order valence-corrected chi connectivity index (χ3v) is 4.81. The van der Waals surface area contributed by atoms with Crippen LogP contribution in [0.15, 0.2) is 72.0 Å². The van der Waals surface area contributed by atoms with Crippen molar-refractivity contribution in [3.05, 3.63) is 84.0 Å². The molecule has 5 heteroatoms. The van der Waals surface area contributed by atoms with E-state index in [1.54, 1.807) is 18.3 Å². The van der Waals surface area contributed by atoms with Crippen LogP contribution in [0.3, 0.4) is 0 Å². The van der Waals surface area contributed by atoms with Gasteiger partial charge in [0.15, 0.2) is 0 Å². The van der Waals surface area contributed by atoms with Gasteiger partial charge >= 0.3 is 0 Å². The SMILES string of the molecule is N/C=C/C=C\C(=N/Cc1cccc(F)c1)c1ccnc(NC2CCCCC2)c1. The fraction of sp³-hybridized carbons (Fsp3) is 0.304. The Morgan fingerprint density at radius 3 is 2.82 bits per heavy atom. The molecule has 0 bridgehead atoms. The van der Waals surface area contributed by atoms with Crippen LogP contribution in [0.5, 0.6) is 0 Å². The molecule has 0 aliphatic heterocycles. The maximum atomic E-state index is 13.4. The molecule has 0 unspecified atom stereocenters. The lowest BCUT2D eigenvalue weighted by Crippen LogP contribution is -2.22. The Bertz CT molecular complexity index is 851. The van der Waals surface area contributed by atoms with Crippen molar-refractivity contribution >= 4 is 11.5 Å². The third-order valence-electron chi connectivity index (χ3n) is 4.81. The van der Waals surface area contributed by atoms with Crippen LogP contribution < -0.4 is 11.1 Å². The first kappa shape index (κ1) is 19.8. The van der Waals surface area contributed by atoms with Crippen LogP contribution in [-0.4, -0.2) is 16.7 Å². The van der Waals surface area contributed by atoms with E-state index in [9.17, 15) is 4.39 Å². The van der Waals surface area contributed by atoms with Gasteiger partial charge in [-0.1, -0.05) is 37.5 Å². The van der Waals surface area contributed by atoms with Crippen molar-refractivity contribution in [3.63, 3.8) is 0 Å². The van der Waals surface area contributed by atoms with Crippen LogP contribution in [0.4, 0.5) is 10.2 Å². The molecule has 3 rings (SSSR count). The van der Waals surface area contributed by atoms with Gasteiger partial charge in [0.1, 0.15) is 11.6 Å². The van der Waals surface area contributed by atoms with Crippen molar-refractivity contribution in [1.82, 2.24) is 4.98 Å². The van der Waals surface area contributed by atoms with Gasteiger partial charge in [0.05, 0.1) is 12.3 Å². The molecule has 0 spiro atoms. The number of hydrogen-bond donors (Lipinski definition) is 2. The summed E-state index contributed by atoms with van der Waals surface area (Å²) in [5.41, 5.74) is 8.03. The van der Waals surface area contributed by atoms with E-state index in [-0.39, 0.29) is 5.82 Å². The molecule has 0 radical (unpaired) electrons. The zero-order valence-corrected chi connectivity index (χ0v) is 16.0. The molecule has 28 heavy (non-hydrogen) atoms. The van der Waals surface area contributed by atoms with Crippen molar-refractivity contribution in [3.8, 4) is 0 Å². The lowest BCUT2D eigenvalue weighted by Gasteiger charge is -2.23. The van der Waals surface area contributed by atoms with Crippen molar-refractivity contribution in [2.45, 2.75) is 44.7 Å². The molecule has 1 aliphatic carbocycles. The van der Waals surface area contributed by atoms with Crippen molar-refractivity contribution in [2.24, 2.45) is 10.7 Å². The minimum absolute atomic E-state index is 0.251. The highest BCUT2D eigenvalue weighted by molar-refractivity contribution is 6.09. The minimum atomic E-state index is -0.251. The van der Waals surface area contributed by atoms with E-state index in [1.165, 1.54) is 50.4 Å². The normalized spacial score (nSPS) is 16.1. The van der Waals surface area contributed by atoms with Crippen LogP contribution in [0.25, 0.3) is 0 Å². The monoisotopic (exact) mass is 378 g/mol. The molecule has 146 valence electrons. The summed E-state index contributed by atoms with van der Waals surface area (Å²) in [7, 11) is 0. The van der Waals surface area contributed by atoms with Gasteiger partial charge in [-0.3, -0.25) is 4.99 Å². The molecule has 3 N–H and O–H groups in total. The third kappa shape index (κ3) is 6.05. The summed E-state index contributed by atoms with van der Waals surface area (Å²) < 4.78 is 13.4. The molecule has 2 aromatic rings. The quantitative estimate of drug-likeness (QED) is 0.527. The van der Waals surface area contributed by atoms with Gasteiger partial charge < -0.3 is 11.1 Å². The number of hydrogen-bond acceptors (Lipinski definition) is 4. The molecular weight excluding hydrogens is 351 g/mol. The first-order chi connectivity index (χ1) is 13.7. The number of allylic oxidation sites excluding steroid dienone is 3. The van der Waals surface area contributed by atoms with Gasteiger partial charge in [0, 0.05) is 17.8 Å². The van der Waals surface area contributed by atoms with Crippen LogP contribution in [0.2, 0.25) is 0 Å². The number of pyridine rings is 1. The number of benzene rings is 1. The Hall–Kier alpha value is -2.95. The highest BCUT2D eigenvalue weighted by Crippen LogP contribution is 2.21. The Kier molecular flexibility index (Phi) is 7.36. The van der Waals surface area contributed by atoms with Crippen LogP contribution in [0, 0.1) is 5.82 Å². The Labute approximate surface area is 166 Å². The highest BCUT2D eigenvalue weighted by Gasteiger charge is 2.13. The number of aliphatic imine (C=N–C) groups is 1. The minimum Gasteiger partial charge on any atom is -0.405 e. The summed E-state index contributed by atoms with van der Waals surface area (Å²) >= 11 is 0. The van der Waals surface area contributed by atoms with E-state index >= 15 is 0 Å². The second-order valence-electron chi connectivity index (χ2n) is 6.98. The fourth-order valence-electron chi connectivity index (χ4n) is 3.39. The summed E-state index contributed by atoms with van der Waals surface area (Å²) in [5.74, 6) is 0.615. The van der Waals surface area contributed by atoms with Crippen molar-refractivity contribution < 1.29 is 4.39 Å². The standard InChI is InChI=1S/C23H27FN4/c24-20-8-6-7-18(15-20)17-27-22(11-4-5-13-25)19-12-14-26-23(16-19)28-21-9-2-1-3-10-21/h4-8,11-16,21H,1-3,9-10,17,25H2,(H,26,28)/b11-4-,13-5+,27-22+. The maximum absolute atomic E-state index is 13.4.